The fraction of sp³-hybridized carbons (Fsp3) is 0.208. The molecule has 2 aliphatic rings. The molecule has 0 atom stereocenters. The zero-order chi connectivity index (χ0) is 21.6. The first kappa shape index (κ1) is 19.5. The lowest BCUT2D eigenvalue weighted by atomic mass is 9.94. The van der Waals surface area contributed by atoms with Gasteiger partial charge in [-0.25, -0.2) is 0 Å². The van der Waals surface area contributed by atoms with Gasteiger partial charge in [-0.2, -0.15) is 13.2 Å². The summed E-state index contributed by atoms with van der Waals surface area (Å²) in [5, 5.41) is 2.72. The van der Waals surface area contributed by atoms with E-state index in [1.54, 1.807) is 48.5 Å². The molecule has 3 aromatic rings. The Kier molecular flexibility index (Phi) is 4.43. The van der Waals surface area contributed by atoms with Crippen LogP contribution in [0.15, 0.2) is 66.7 Å². The van der Waals surface area contributed by atoms with Gasteiger partial charge in [0.2, 0.25) is 12.7 Å². The molecule has 1 amide bonds. The maximum absolute atomic E-state index is 13.5. The summed E-state index contributed by atoms with van der Waals surface area (Å²) in [5.41, 5.74) is 0.328. The second-order valence-electron chi connectivity index (χ2n) is 7.77. The van der Waals surface area contributed by atoms with E-state index < -0.39 is 17.2 Å². The lowest BCUT2D eigenvalue weighted by Crippen LogP contribution is -2.28. The number of rotatable bonds is 4. The molecule has 0 radical (unpaired) electrons. The summed E-state index contributed by atoms with van der Waals surface area (Å²) in [6.45, 7) is 0.129. The van der Waals surface area contributed by atoms with Crippen LogP contribution >= 0.6 is 0 Å². The van der Waals surface area contributed by atoms with Gasteiger partial charge in [0.1, 0.15) is 0 Å². The van der Waals surface area contributed by atoms with E-state index in [4.69, 9.17) is 9.47 Å². The normalized spacial score (nSPS) is 16.1. The molecule has 0 aromatic heterocycles. The van der Waals surface area contributed by atoms with Crippen molar-refractivity contribution >= 4 is 11.6 Å². The van der Waals surface area contributed by atoms with Crippen LogP contribution in [0.2, 0.25) is 0 Å². The molecule has 4 nitrogen and oxygen atoms in total. The van der Waals surface area contributed by atoms with Crippen LogP contribution in [0.4, 0.5) is 18.9 Å². The minimum atomic E-state index is -4.53. The van der Waals surface area contributed by atoms with Crippen LogP contribution in [-0.2, 0) is 16.4 Å². The van der Waals surface area contributed by atoms with Gasteiger partial charge in [-0.05, 0) is 59.9 Å². The highest BCUT2D eigenvalue weighted by Crippen LogP contribution is 2.51. The fourth-order valence-corrected chi connectivity index (χ4v) is 3.88. The summed E-state index contributed by atoms with van der Waals surface area (Å²) in [7, 11) is 0. The topological polar surface area (TPSA) is 47.6 Å². The largest absolute Gasteiger partial charge is 0.454 e. The molecule has 1 N–H and O–H groups in total. The summed E-state index contributed by atoms with van der Waals surface area (Å²) in [5.74, 6) is 0.858. The zero-order valence-corrected chi connectivity index (χ0v) is 16.3. The van der Waals surface area contributed by atoms with Crippen molar-refractivity contribution in [3.63, 3.8) is 0 Å². The van der Waals surface area contributed by atoms with Crippen molar-refractivity contribution in [3.05, 3.63) is 77.9 Å². The molecule has 1 saturated carbocycles. The Morgan fingerprint density at radius 3 is 2.35 bits per heavy atom. The number of hydrogen-bond acceptors (Lipinski definition) is 3. The van der Waals surface area contributed by atoms with Crippen LogP contribution in [0.25, 0.3) is 11.1 Å². The van der Waals surface area contributed by atoms with Crippen LogP contribution in [0.5, 0.6) is 11.5 Å². The Morgan fingerprint density at radius 1 is 0.903 bits per heavy atom. The Balaban J connectivity index is 0.00000245. The van der Waals surface area contributed by atoms with E-state index in [1.807, 2.05) is 6.07 Å². The van der Waals surface area contributed by atoms with Gasteiger partial charge in [-0.1, -0.05) is 36.4 Å². The van der Waals surface area contributed by atoms with Gasteiger partial charge in [-0.15, -0.1) is 0 Å². The van der Waals surface area contributed by atoms with Gasteiger partial charge < -0.3 is 14.8 Å². The molecule has 1 aliphatic carbocycles. The molecule has 1 aliphatic heterocycles. The molecule has 3 aromatic carbocycles. The van der Waals surface area contributed by atoms with Crippen molar-refractivity contribution in [3.8, 4) is 22.6 Å². The average Bonchev–Trinajstić information content (AvgIpc) is 3.44. The van der Waals surface area contributed by atoms with Crippen LogP contribution in [-0.4, -0.2) is 12.7 Å². The van der Waals surface area contributed by atoms with Crippen molar-refractivity contribution in [1.82, 2.24) is 0 Å². The van der Waals surface area contributed by atoms with Crippen molar-refractivity contribution in [2.75, 3.05) is 12.1 Å². The second-order valence-corrected chi connectivity index (χ2v) is 7.77. The van der Waals surface area contributed by atoms with E-state index in [0.29, 0.717) is 35.5 Å². The molecular weight excluding hydrogens is 407 g/mol. The number of hydrogen-bond donors (Lipinski definition) is 1. The van der Waals surface area contributed by atoms with Gasteiger partial charge in [0.05, 0.1) is 11.0 Å². The Hall–Kier alpha value is -3.48. The SMILES string of the molecule is O=C(Nc1cc(-c2ccccc2)cc(C(F)(F)F)c1)C1(c2ccc3c(c2)OCO3)CC1.[HH]. The number of nitrogens with one attached hydrogen (secondary N) is 1. The Bertz CT molecular complexity index is 1160. The molecule has 1 heterocycles. The monoisotopic (exact) mass is 427 g/mol. The van der Waals surface area contributed by atoms with E-state index in [-0.39, 0.29) is 19.8 Å². The summed E-state index contributed by atoms with van der Waals surface area (Å²) in [4.78, 5) is 13.1. The first-order valence-electron chi connectivity index (χ1n) is 9.84. The third-order valence-electron chi connectivity index (χ3n) is 5.74. The quantitative estimate of drug-likeness (QED) is 0.554. The van der Waals surface area contributed by atoms with Gasteiger partial charge in [0.25, 0.3) is 0 Å². The summed E-state index contributed by atoms with van der Waals surface area (Å²) < 4.78 is 51.2. The molecule has 0 unspecified atom stereocenters. The number of carbonyl (C=O) groups excluding carboxylic acids is 1. The molecule has 5 rings (SSSR count). The number of carbonyl (C=O) groups is 1. The van der Waals surface area contributed by atoms with Crippen LogP contribution in [0.3, 0.4) is 0 Å². The molecule has 7 heteroatoms. The van der Waals surface area contributed by atoms with Gasteiger partial charge in [-0.3, -0.25) is 4.79 Å². The van der Waals surface area contributed by atoms with Gasteiger partial charge in [0, 0.05) is 7.11 Å². The molecule has 1 fully saturated rings. The van der Waals surface area contributed by atoms with Gasteiger partial charge >= 0.3 is 6.18 Å². The summed E-state index contributed by atoms with van der Waals surface area (Å²) in [6.07, 6.45) is -3.30. The van der Waals surface area contributed by atoms with E-state index in [2.05, 4.69) is 5.32 Å². The van der Waals surface area contributed by atoms with Crippen molar-refractivity contribution < 1.29 is 28.9 Å². The van der Waals surface area contributed by atoms with E-state index in [1.165, 1.54) is 0 Å². The van der Waals surface area contributed by atoms with Crippen LogP contribution < -0.4 is 14.8 Å². The number of benzene rings is 3. The lowest BCUT2D eigenvalue weighted by molar-refractivity contribution is -0.137. The van der Waals surface area contributed by atoms with E-state index in [9.17, 15) is 18.0 Å². The number of halogens is 3. The minimum Gasteiger partial charge on any atom is -0.454 e. The maximum Gasteiger partial charge on any atom is 0.416 e. The number of amides is 1. The number of ether oxygens (including phenoxy) is 2. The average molecular weight is 427 g/mol. The van der Waals surface area contributed by atoms with E-state index >= 15 is 0 Å². The highest BCUT2D eigenvalue weighted by molar-refractivity contribution is 6.02. The van der Waals surface area contributed by atoms with E-state index in [0.717, 1.165) is 17.7 Å². The van der Waals surface area contributed by atoms with Gasteiger partial charge in [0.15, 0.2) is 11.5 Å². The zero-order valence-electron chi connectivity index (χ0n) is 16.3. The molecule has 31 heavy (non-hydrogen) atoms. The standard InChI is InChI=1S/C24H18F3NO3.H2/c25-24(26,27)18-10-16(15-4-2-1-3-5-15)11-19(12-18)28-22(29)23(8-9-23)17-6-7-20-21(13-17)31-14-30-20;/h1-7,10-13H,8-9,14H2,(H,28,29);1H. The third kappa shape index (κ3) is 3.60. The summed E-state index contributed by atoms with van der Waals surface area (Å²) >= 11 is 0. The first-order valence-corrected chi connectivity index (χ1v) is 9.84. The Labute approximate surface area is 178 Å². The maximum atomic E-state index is 13.5. The molecule has 0 spiro atoms. The van der Waals surface area contributed by atoms with Crippen molar-refractivity contribution in [2.24, 2.45) is 0 Å². The fourth-order valence-electron chi connectivity index (χ4n) is 3.88. The van der Waals surface area contributed by atoms with Crippen molar-refractivity contribution in [1.29, 1.82) is 0 Å². The first-order chi connectivity index (χ1) is 14.8. The number of anilines is 1. The minimum absolute atomic E-state index is 0. The number of alkyl halides is 3. The Morgan fingerprint density at radius 2 is 1.65 bits per heavy atom. The molecule has 160 valence electrons. The predicted molar refractivity (Wildman–Crippen MR) is 111 cm³/mol. The lowest BCUT2D eigenvalue weighted by Gasteiger charge is -2.18. The predicted octanol–water partition coefficient (Wildman–Crippen LogP) is 6.02. The highest BCUT2D eigenvalue weighted by atomic mass is 19.4. The van der Waals surface area contributed by atoms with Crippen molar-refractivity contribution in [2.45, 2.75) is 24.4 Å². The highest BCUT2D eigenvalue weighted by Gasteiger charge is 2.51. The van der Waals surface area contributed by atoms with Crippen LogP contribution in [0, 0.1) is 0 Å². The molecule has 0 bridgehead atoms. The molecule has 0 saturated heterocycles. The second kappa shape index (κ2) is 7.04. The molecular formula is C24H20F3NO3. The smallest absolute Gasteiger partial charge is 0.416 e. The summed E-state index contributed by atoms with van der Waals surface area (Å²) in [6, 6.07) is 17.7. The van der Waals surface area contributed by atoms with Crippen LogP contribution in [0.1, 0.15) is 25.4 Å². The third-order valence-corrected chi connectivity index (χ3v) is 5.74. The number of fused-ring (bicyclic) bond motifs is 1.